The van der Waals surface area contributed by atoms with Gasteiger partial charge in [0.15, 0.2) is 0 Å². The normalized spacial score (nSPS) is 11.2. The number of hydrogen-bond donors (Lipinski definition) is 2. The molecule has 1 aromatic heterocycles. The fourth-order valence-electron chi connectivity index (χ4n) is 2.03. The summed E-state index contributed by atoms with van der Waals surface area (Å²) in [5.41, 5.74) is 1.74. The van der Waals surface area contributed by atoms with Gasteiger partial charge in [0.05, 0.1) is 4.90 Å². The Kier molecular flexibility index (Phi) is 5.84. The van der Waals surface area contributed by atoms with Crippen LogP contribution in [0.25, 0.3) is 0 Å². The number of pyridine rings is 1. The quantitative estimate of drug-likeness (QED) is 0.798. The minimum absolute atomic E-state index is 0.0873. The molecule has 2 N–H and O–H groups in total. The van der Waals surface area contributed by atoms with Crippen molar-refractivity contribution in [2.75, 3.05) is 7.05 Å². The summed E-state index contributed by atoms with van der Waals surface area (Å²) in [4.78, 5) is 16.1. The Morgan fingerprint density at radius 2 is 1.96 bits per heavy atom. The van der Waals surface area contributed by atoms with Crippen LogP contribution in [0, 0.1) is 0 Å². The number of nitrogens with zero attached hydrogens (tertiary/aromatic N) is 1. The zero-order valence-electron chi connectivity index (χ0n) is 12.8. The van der Waals surface area contributed by atoms with E-state index in [1.54, 1.807) is 30.6 Å². The van der Waals surface area contributed by atoms with Gasteiger partial charge in [-0.05, 0) is 42.8 Å². The first-order valence-electron chi connectivity index (χ1n) is 7.19. The predicted molar refractivity (Wildman–Crippen MR) is 87.1 cm³/mol. The second-order valence-corrected chi connectivity index (χ2v) is 6.88. The van der Waals surface area contributed by atoms with Crippen LogP contribution in [0.4, 0.5) is 0 Å². The van der Waals surface area contributed by atoms with E-state index in [0.29, 0.717) is 19.4 Å². The largest absolute Gasteiger partial charge is 0.352 e. The average Bonchev–Trinajstić information content (AvgIpc) is 2.59. The molecular formula is C16H19N3O3S. The van der Waals surface area contributed by atoms with Gasteiger partial charge < -0.3 is 5.32 Å². The number of rotatable bonds is 7. The van der Waals surface area contributed by atoms with E-state index >= 15 is 0 Å². The molecule has 0 saturated heterocycles. The third-order valence-electron chi connectivity index (χ3n) is 3.33. The maximum atomic E-state index is 11.9. The van der Waals surface area contributed by atoms with Crippen LogP contribution in [0.2, 0.25) is 0 Å². The van der Waals surface area contributed by atoms with Crippen molar-refractivity contribution in [1.82, 2.24) is 15.0 Å². The van der Waals surface area contributed by atoms with Crippen molar-refractivity contribution in [3.8, 4) is 0 Å². The highest BCUT2D eigenvalue weighted by atomic mass is 32.2. The van der Waals surface area contributed by atoms with E-state index in [1.165, 1.54) is 13.1 Å². The topological polar surface area (TPSA) is 88.2 Å². The second kappa shape index (κ2) is 7.85. The van der Waals surface area contributed by atoms with Crippen LogP contribution < -0.4 is 10.0 Å². The zero-order valence-corrected chi connectivity index (χ0v) is 13.6. The Balaban J connectivity index is 1.88. The molecule has 2 aromatic rings. The summed E-state index contributed by atoms with van der Waals surface area (Å²) >= 11 is 0. The molecule has 0 saturated carbocycles. The molecule has 1 amide bonds. The number of amides is 1. The monoisotopic (exact) mass is 333 g/mol. The number of aryl methyl sites for hydroxylation is 1. The first-order valence-corrected chi connectivity index (χ1v) is 8.67. The van der Waals surface area contributed by atoms with Crippen LogP contribution >= 0.6 is 0 Å². The van der Waals surface area contributed by atoms with Gasteiger partial charge in [0.25, 0.3) is 0 Å². The molecule has 2 rings (SSSR count). The second-order valence-electron chi connectivity index (χ2n) is 4.99. The molecule has 0 bridgehead atoms. The molecular weight excluding hydrogens is 314 g/mol. The minimum Gasteiger partial charge on any atom is -0.352 e. The summed E-state index contributed by atoms with van der Waals surface area (Å²) in [6.07, 6.45) is 4.41. The van der Waals surface area contributed by atoms with Crippen LogP contribution in [-0.4, -0.2) is 26.4 Å². The van der Waals surface area contributed by atoms with E-state index in [2.05, 4.69) is 15.0 Å². The summed E-state index contributed by atoms with van der Waals surface area (Å²) in [5.74, 6) is -0.0873. The van der Waals surface area contributed by atoms with Gasteiger partial charge in [0, 0.05) is 25.4 Å². The smallest absolute Gasteiger partial charge is 0.240 e. The molecule has 0 atom stereocenters. The number of aromatic nitrogens is 1. The molecule has 6 nitrogen and oxygen atoms in total. The van der Waals surface area contributed by atoms with Crippen LogP contribution in [-0.2, 0) is 27.8 Å². The summed E-state index contributed by atoms with van der Waals surface area (Å²) in [7, 11) is -2.11. The number of nitrogens with one attached hydrogen (secondary N) is 2. The predicted octanol–water partition coefficient (Wildman–Crippen LogP) is 1.24. The molecule has 1 heterocycles. The highest BCUT2D eigenvalue weighted by Crippen LogP contribution is 2.11. The van der Waals surface area contributed by atoms with Gasteiger partial charge >= 0.3 is 0 Å². The van der Waals surface area contributed by atoms with Crippen molar-refractivity contribution in [2.45, 2.75) is 24.3 Å². The van der Waals surface area contributed by atoms with Crippen molar-refractivity contribution in [3.05, 3.63) is 59.9 Å². The number of sulfonamides is 1. The van der Waals surface area contributed by atoms with Crippen LogP contribution in [0.3, 0.4) is 0 Å². The summed E-state index contributed by atoms with van der Waals surface area (Å²) < 4.78 is 25.8. The van der Waals surface area contributed by atoms with Gasteiger partial charge in [-0.25, -0.2) is 13.1 Å². The molecule has 122 valence electrons. The average molecular weight is 333 g/mol. The maximum Gasteiger partial charge on any atom is 0.240 e. The van der Waals surface area contributed by atoms with Crippen LogP contribution in [0.1, 0.15) is 17.5 Å². The lowest BCUT2D eigenvalue weighted by molar-refractivity contribution is -0.121. The molecule has 0 unspecified atom stereocenters. The number of benzene rings is 1. The molecule has 1 aromatic carbocycles. The third-order valence-corrected chi connectivity index (χ3v) is 4.74. The molecule has 0 aliphatic rings. The fourth-order valence-corrected chi connectivity index (χ4v) is 2.83. The van der Waals surface area contributed by atoms with Crippen molar-refractivity contribution in [3.63, 3.8) is 0 Å². The Morgan fingerprint density at radius 1 is 1.17 bits per heavy atom. The molecule has 0 aliphatic carbocycles. The molecule has 23 heavy (non-hydrogen) atoms. The summed E-state index contributed by atoms with van der Waals surface area (Å²) in [5, 5.41) is 2.79. The van der Waals surface area contributed by atoms with Crippen LogP contribution in [0.5, 0.6) is 0 Å². The summed E-state index contributed by atoms with van der Waals surface area (Å²) in [6.45, 7) is 0.291. The zero-order chi connectivity index (χ0) is 16.7. The van der Waals surface area contributed by atoms with E-state index < -0.39 is 10.0 Å². The number of carbonyl (C=O) groups is 1. The van der Waals surface area contributed by atoms with Crippen molar-refractivity contribution >= 4 is 15.9 Å². The van der Waals surface area contributed by atoms with Crippen molar-refractivity contribution in [1.29, 1.82) is 0 Å². The fraction of sp³-hybridized carbons (Fsp3) is 0.250. The third kappa shape index (κ3) is 5.15. The maximum absolute atomic E-state index is 11.9. The highest BCUT2D eigenvalue weighted by molar-refractivity contribution is 7.89. The lowest BCUT2D eigenvalue weighted by atomic mass is 10.1. The highest BCUT2D eigenvalue weighted by Gasteiger charge is 2.11. The van der Waals surface area contributed by atoms with E-state index in [-0.39, 0.29) is 10.8 Å². The van der Waals surface area contributed by atoms with Gasteiger partial charge in [0.1, 0.15) is 0 Å². The number of hydrogen-bond acceptors (Lipinski definition) is 4. The Labute approximate surface area is 136 Å². The minimum atomic E-state index is -3.48. The standard InChI is InChI=1S/C16H19N3O3S/c1-17-23(21,22)15-6-2-4-14(10-15)12-19-16(20)8-7-13-5-3-9-18-11-13/h2-6,9-11,17H,7-8,12H2,1H3,(H,19,20). The lowest BCUT2D eigenvalue weighted by Crippen LogP contribution is -2.23. The number of carbonyl (C=O) groups excluding carboxylic acids is 1. The van der Waals surface area contributed by atoms with Gasteiger partial charge in [-0.3, -0.25) is 9.78 Å². The Morgan fingerprint density at radius 3 is 2.65 bits per heavy atom. The summed E-state index contributed by atoms with van der Waals surface area (Å²) in [6, 6.07) is 10.2. The molecule has 0 radical (unpaired) electrons. The van der Waals surface area contributed by atoms with E-state index in [9.17, 15) is 13.2 Å². The van der Waals surface area contributed by atoms with Gasteiger partial charge in [-0.2, -0.15) is 0 Å². The van der Waals surface area contributed by atoms with Crippen molar-refractivity contribution < 1.29 is 13.2 Å². The van der Waals surface area contributed by atoms with Gasteiger partial charge in [-0.15, -0.1) is 0 Å². The SMILES string of the molecule is CNS(=O)(=O)c1cccc(CNC(=O)CCc2cccnc2)c1. The first-order chi connectivity index (χ1) is 11.0. The van der Waals surface area contributed by atoms with E-state index in [1.807, 2.05) is 12.1 Å². The van der Waals surface area contributed by atoms with Gasteiger partial charge in [0.2, 0.25) is 15.9 Å². The Hall–Kier alpha value is -2.25. The lowest BCUT2D eigenvalue weighted by Gasteiger charge is -2.08. The molecule has 0 fully saturated rings. The molecule has 0 aliphatic heterocycles. The first kappa shape index (κ1) is 17.1. The van der Waals surface area contributed by atoms with Crippen LogP contribution in [0.15, 0.2) is 53.7 Å². The van der Waals surface area contributed by atoms with Gasteiger partial charge in [-0.1, -0.05) is 18.2 Å². The molecule has 7 heteroatoms. The molecule has 0 spiro atoms. The van der Waals surface area contributed by atoms with Crippen molar-refractivity contribution in [2.24, 2.45) is 0 Å². The Bertz CT molecular complexity index is 761. The van der Waals surface area contributed by atoms with E-state index in [0.717, 1.165) is 11.1 Å². The van der Waals surface area contributed by atoms with E-state index in [4.69, 9.17) is 0 Å².